The molecule has 0 radical (unpaired) electrons. The Morgan fingerprint density at radius 1 is 1.75 bits per heavy atom. The first-order valence-electron chi connectivity index (χ1n) is 1.95. The number of rotatable bonds is 0. The lowest BCUT2D eigenvalue weighted by Gasteiger charge is -1.87. The van der Waals surface area contributed by atoms with Gasteiger partial charge in [-0.1, -0.05) is 6.58 Å². The van der Waals surface area contributed by atoms with Gasteiger partial charge in [-0.15, -0.1) is 0 Å². The van der Waals surface area contributed by atoms with Crippen LogP contribution in [0, 0.1) is 0 Å². The fraction of sp³-hybridized carbons (Fsp3) is 0. The molecule has 42 valence electrons. The average Bonchev–Trinajstić information content (AvgIpc) is 1.85. The SMILES string of the molecule is C=C1OC(=O)N=C1N. The Kier molecular flexibility index (Phi) is 0.802. The van der Waals surface area contributed by atoms with Gasteiger partial charge in [0.2, 0.25) is 0 Å². The Labute approximate surface area is 45.6 Å². The van der Waals surface area contributed by atoms with Gasteiger partial charge in [-0.05, 0) is 0 Å². The molecular formula is C4H4N2O2. The number of nitrogens with two attached hydrogens (primary N) is 1. The normalized spacial score (nSPS) is 18.2. The van der Waals surface area contributed by atoms with Crippen molar-refractivity contribution >= 4 is 11.9 Å². The van der Waals surface area contributed by atoms with E-state index in [4.69, 9.17) is 5.73 Å². The molecule has 0 fully saturated rings. The Morgan fingerprint density at radius 3 is 2.50 bits per heavy atom. The maximum absolute atomic E-state index is 10.1. The minimum atomic E-state index is -0.688. The van der Waals surface area contributed by atoms with E-state index in [1.165, 1.54) is 0 Å². The third-order valence-electron chi connectivity index (χ3n) is 0.708. The van der Waals surface area contributed by atoms with Gasteiger partial charge in [-0.2, -0.15) is 4.99 Å². The molecule has 0 atom stereocenters. The quantitative estimate of drug-likeness (QED) is 0.480. The number of amidine groups is 1. The molecule has 4 nitrogen and oxygen atoms in total. The number of nitrogens with zero attached hydrogens (tertiary/aromatic N) is 1. The van der Waals surface area contributed by atoms with Crippen LogP contribution in [-0.4, -0.2) is 11.9 Å². The molecule has 2 N–H and O–H groups in total. The number of hydrogen-bond acceptors (Lipinski definition) is 3. The van der Waals surface area contributed by atoms with Crippen molar-refractivity contribution in [3.8, 4) is 0 Å². The van der Waals surface area contributed by atoms with Gasteiger partial charge in [0.25, 0.3) is 0 Å². The smallest absolute Gasteiger partial charge is 0.405 e. The van der Waals surface area contributed by atoms with Gasteiger partial charge in [-0.25, -0.2) is 4.79 Å². The maximum atomic E-state index is 10.1. The first kappa shape index (κ1) is 4.83. The summed E-state index contributed by atoms with van der Waals surface area (Å²) < 4.78 is 4.31. The van der Waals surface area contributed by atoms with E-state index in [0.29, 0.717) is 0 Å². The van der Waals surface area contributed by atoms with Crippen LogP contribution in [0.4, 0.5) is 4.79 Å². The highest BCUT2D eigenvalue weighted by Gasteiger charge is 2.15. The molecule has 0 spiro atoms. The highest BCUT2D eigenvalue weighted by molar-refractivity contribution is 6.06. The number of amides is 1. The zero-order valence-corrected chi connectivity index (χ0v) is 4.05. The second-order valence-corrected chi connectivity index (χ2v) is 1.29. The molecule has 1 rings (SSSR count). The van der Waals surface area contributed by atoms with E-state index in [2.05, 4.69) is 16.3 Å². The highest BCUT2D eigenvalue weighted by atomic mass is 16.6. The molecule has 0 unspecified atom stereocenters. The van der Waals surface area contributed by atoms with E-state index in [-0.39, 0.29) is 11.6 Å². The minimum Gasteiger partial charge on any atom is -0.405 e. The Hall–Kier alpha value is -1.32. The second kappa shape index (κ2) is 1.33. The third kappa shape index (κ3) is 0.556. The van der Waals surface area contributed by atoms with E-state index in [1.54, 1.807) is 0 Å². The van der Waals surface area contributed by atoms with Crippen LogP contribution in [0.15, 0.2) is 17.3 Å². The zero-order valence-electron chi connectivity index (χ0n) is 4.05. The highest BCUT2D eigenvalue weighted by Crippen LogP contribution is 2.04. The summed E-state index contributed by atoms with van der Waals surface area (Å²) >= 11 is 0. The summed E-state index contributed by atoms with van der Waals surface area (Å²) in [5.74, 6) is 0.199. The first-order valence-corrected chi connectivity index (χ1v) is 1.95. The Balaban J connectivity index is 2.88. The first-order chi connectivity index (χ1) is 3.70. The van der Waals surface area contributed by atoms with Crippen molar-refractivity contribution in [2.75, 3.05) is 0 Å². The van der Waals surface area contributed by atoms with Crippen molar-refractivity contribution in [1.82, 2.24) is 0 Å². The predicted octanol–water partition coefficient (Wildman–Crippen LogP) is 0.00750. The fourth-order valence-corrected chi connectivity index (χ4v) is 0.341. The molecule has 1 heterocycles. The predicted molar refractivity (Wildman–Crippen MR) is 27.2 cm³/mol. The van der Waals surface area contributed by atoms with Crippen molar-refractivity contribution < 1.29 is 9.53 Å². The molecule has 0 aromatic carbocycles. The second-order valence-electron chi connectivity index (χ2n) is 1.29. The van der Waals surface area contributed by atoms with E-state index in [0.717, 1.165) is 0 Å². The molecular weight excluding hydrogens is 108 g/mol. The largest absolute Gasteiger partial charge is 0.441 e. The third-order valence-corrected chi connectivity index (χ3v) is 0.708. The summed E-state index contributed by atoms with van der Waals surface area (Å²) in [4.78, 5) is 13.3. The van der Waals surface area contributed by atoms with Crippen LogP contribution in [-0.2, 0) is 4.74 Å². The molecule has 4 heteroatoms. The number of carbonyl (C=O) groups is 1. The summed E-state index contributed by atoms with van der Waals surface area (Å²) in [6.45, 7) is 3.29. The summed E-state index contributed by atoms with van der Waals surface area (Å²) in [6, 6.07) is 0. The Morgan fingerprint density at radius 2 is 2.38 bits per heavy atom. The van der Waals surface area contributed by atoms with Crippen LogP contribution in [0.5, 0.6) is 0 Å². The topological polar surface area (TPSA) is 64.7 Å². The molecule has 1 aliphatic heterocycles. The van der Waals surface area contributed by atoms with Crippen LogP contribution >= 0.6 is 0 Å². The summed E-state index contributed by atoms with van der Waals surface area (Å²) in [5, 5.41) is 0. The van der Waals surface area contributed by atoms with Gasteiger partial charge in [-0.3, -0.25) is 0 Å². The number of ether oxygens (including phenoxy) is 1. The van der Waals surface area contributed by atoms with Gasteiger partial charge in [0.05, 0.1) is 0 Å². The molecule has 0 saturated heterocycles. The van der Waals surface area contributed by atoms with Gasteiger partial charge < -0.3 is 10.5 Å². The van der Waals surface area contributed by atoms with Gasteiger partial charge >= 0.3 is 6.09 Å². The maximum Gasteiger partial charge on any atom is 0.441 e. The lowest BCUT2D eigenvalue weighted by molar-refractivity contribution is 0.198. The number of hydrogen-bond donors (Lipinski definition) is 1. The molecule has 0 aromatic heterocycles. The van der Waals surface area contributed by atoms with E-state index in [9.17, 15) is 4.79 Å². The lowest BCUT2D eigenvalue weighted by Crippen LogP contribution is -2.09. The van der Waals surface area contributed by atoms with Crippen LogP contribution in [0.25, 0.3) is 0 Å². The molecule has 1 aliphatic rings. The summed E-state index contributed by atoms with van der Waals surface area (Å²) in [6.07, 6.45) is -0.688. The average molecular weight is 112 g/mol. The molecule has 0 saturated carbocycles. The van der Waals surface area contributed by atoms with Crippen molar-refractivity contribution in [1.29, 1.82) is 0 Å². The number of carbonyl (C=O) groups excluding carboxylic acids is 1. The number of cyclic esters (lactones) is 1. The molecule has 0 aromatic rings. The number of aliphatic imine (C=N–C) groups is 1. The molecule has 1 amide bonds. The van der Waals surface area contributed by atoms with Crippen LogP contribution in [0.1, 0.15) is 0 Å². The molecule has 0 aliphatic carbocycles. The van der Waals surface area contributed by atoms with E-state index < -0.39 is 6.09 Å². The van der Waals surface area contributed by atoms with Crippen LogP contribution < -0.4 is 5.73 Å². The van der Waals surface area contributed by atoms with Gasteiger partial charge in [0.1, 0.15) is 0 Å². The standard InChI is InChI=1S/C4H4N2O2/c1-2-3(5)6-4(7)8-2/h1H2,(H2,5,6,7). The van der Waals surface area contributed by atoms with Crippen LogP contribution in [0.3, 0.4) is 0 Å². The molecule has 8 heavy (non-hydrogen) atoms. The summed E-state index contributed by atoms with van der Waals surface area (Å²) in [7, 11) is 0. The van der Waals surface area contributed by atoms with Crippen molar-refractivity contribution in [3.63, 3.8) is 0 Å². The van der Waals surface area contributed by atoms with Gasteiger partial charge in [0.15, 0.2) is 11.6 Å². The van der Waals surface area contributed by atoms with Crippen LogP contribution in [0.2, 0.25) is 0 Å². The molecule has 0 bridgehead atoms. The van der Waals surface area contributed by atoms with E-state index >= 15 is 0 Å². The zero-order chi connectivity index (χ0) is 6.15. The Bertz CT molecular complexity index is 182. The lowest BCUT2D eigenvalue weighted by atomic mass is 10.5. The fourth-order valence-electron chi connectivity index (χ4n) is 0.341. The summed E-state index contributed by atoms with van der Waals surface area (Å²) in [5.41, 5.74) is 5.07. The van der Waals surface area contributed by atoms with Gasteiger partial charge in [0, 0.05) is 0 Å². The monoisotopic (exact) mass is 112 g/mol. The minimum absolute atomic E-state index is 0.0648. The van der Waals surface area contributed by atoms with Crippen molar-refractivity contribution in [2.45, 2.75) is 0 Å². The van der Waals surface area contributed by atoms with Crippen molar-refractivity contribution in [3.05, 3.63) is 12.3 Å². The van der Waals surface area contributed by atoms with E-state index in [1.807, 2.05) is 0 Å². The van der Waals surface area contributed by atoms with Crippen molar-refractivity contribution in [2.24, 2.45) is 10.7 Å².